The molecule has 1 saturated heterocycles. The molecule has 0 aliphatic carbocycles. The van der Waals surface area contributed by atoms with E-state index >= 15 is 0 Å². The number of methoxy groups -OCH3 is 2. The number of aryl methyl sites for hydroxylation is 1. The third kappa shape index (κ3) is 3.40. The van der Waals surface area contributed by atoms with E-state index < -0.39 is 0 Å². The summed E-state index contributed by atoms with van der Waals surface area (Å²) in [6.07, 6.45) is 7.34. The van der Waals surface area contributed by atoms with E-state index in [0.29, 0.717) is 5.92 Å². The van der Waals surface area contributed by atoms with Crippen LogP contribution in [-0.2, 0) is 0 Å². The molecule has 0 spiro atoms. The normalized spacial score (nSPS) is 14.9. The number of aromatic nitrogens is 4. The number of anilines is 1. The van der Waals surface area contributed by atoms with Crippen molar-refractivity contribution in [2.75, 3.05) is 32.2 Å². The van der Waals surface area contributed by atoms with Gasteiger partial charge in [0.1, 0.15) is 23.6 Å². The van der Waals surface area contributed by atoms with Gasteiger partial charge in [0.05, 0.1) is 26.2 Å². The quantitative estimate of drug-likeness (QED) is 0.730. The summed E-state index contributed by atoms with van der Waals surface area (Å²) >= 11 is 0. The number of rotatable bonds is 5. The maximum absolute atomic E-state index is 5.58. The van der Waals surface area contributed by atoms with Crippen LogP contribution in [0.4, 0.5) is 5.82 Å². The van der Waals surface area contributed by atoms with Gasteiger partial charge in [-0.25, -0.2) is 15.0 Å². The van der Waals surface area contributed by atoms with E-state index in [1.54, 1.807) is 26.9 Å². The zero-order valence-electron chi connectivity index (χ0n) is 16.5. The van der Waals surface area contributed by atoms with Crippen molar-refractivity contribution in [2.24, 2.45) is 0 Å². The summed E-state index contributed by atoms with van der Waals surface area (Å²) in [6, 6.07) is 5.78. The Morgan fingerprint density at radius 2 is 1.89 bits per heavy atom. The van der Waals surface area contributed by atoms with E-state index in [9.17, 15) is 0 Å². The van der Waals surface area contributed by atoms with E-state index in [2.05, 4.69) is 31.8 Å². The van der Waals surface area contributed by atoms with Crippen LogP contribution in [0.1, 0.15) is 30.1 Å². The van der Waals surface area contributed by atoms with Gasteiger partial charge in [-0.3, -0.25) is 0 Å². The van der Waals surface area contributed by atoms with Crippen LogP contribution in [0, 0.1) is 6.92 Å². The summed E-state index contributed by atoms with van der Waals surface area (Å²) in [7, 11) is 3.34. The number of nitrogens with one attached hydrogen (secondary N) is 1. The standard InChI is InChI=1S/C21H25N5O2/c1-14-20(24-13-23-14)15-6-8-26(9-7-15)21-18(11-22-12-25-21)17-10-16(27-2)4-5-19(17)28-3/h4-5,10-13,15H,6-9H2,1-3H3,(H,23,24). The molecule has 1 N–H and O–H groups in total. The van der Waals surface area contributed by atoms with E-state index in [-0.39, 0.29) is 0 Å². The minimum Gasteiger partial charge on any atom is -0.497 e. The fraction of sp³-hybridized carbons (Fsp3) is 0.381. The van der Waals surface area contributed by atoms with E-state index in [1.165, 1.54) is 11.4 Å². The number of ether oxygens (including phenoxy) is 2. The first-order valence-corrected chi connectivity index (χ1v) is 9.48. The third-order valence-corrected chi connectivity index (χ3v) is 5.44. The lowest BCUT2D eigenvalue weighted by molar-refractivity contribution is 0.404. The lowest BCUT2D eigenvalue weighted by Crippen LogP contribution is -2.34. The smallest absolute Gasteiger partial charge is 0.140 e. The summed E-state index contributed by atoms with van der Waals surface area (Å²) in [5.74, 6) is 2.97. The Kier molecular flexibility index (Phi) is 5.14. The van der Waals surface area contributed by atoms with Crippen molar-refractivity contribution in [3.8, 4) is 22.6 Å². The molecule has 1 fully saturated rings. The van der Waals surface area contributed by atoms with E-state index in [0.717, 1.165) is 54.4 Å². The average molecular weight is 379 g/mol. The van der Waals surface area contributed by atoms with Crippen molar-refractivity contribution in [1.82, 2.24) is 19.9 Å². The topological polar surface area (TPSA) is 76.2 Å². The van der Waals surface area contributed by atoms with Gasteiger partial charge in [-0.15, -0.1) is 0 Å². The van der Waals surface area contributed by atoms with Crippen molar-refractivity contribution < 1.29 is 9.47 Å². The Hall–Kier alpha value is -3.09. The van der Waals surface area contributed by atoms with E-state index in [1.807, 2.05) is 24.4 Å². The minimum absolute atomic E-state index is 0.485. The molecule has 0 bridgehead atoms. The van der Waals surface area contributed by atoms with Crippen LogP contribution < -0.4 is 14.4 Å². The van der Waals surface area contributed by atoms with Crippen molar-refractivity contribution in [2.45, 2.75) is 25.7 Å². The van der Waals surface area contributed by atoms with Gasteiger partial charge in [-0.2, -0.15) is 0 Å². The molecule has 3 aromatic rings. The monoisotopic (exact) mass is 379 g/mol. The molecule has 4 rings (SSSR count). The number of imidazole rings is 1. The van der Waals surface area contributed by atoms with Gasteiger partial charge < -0.3 is 19.4 Å². The Balaban J connectivity index is 1.62. The molecule has 2 aromatic heterocycles. The molecular weight excluding hydrogens is 354 g/mol. The van der Waals surface area contributed by atoms with Crippen molar-refractivity contribution >= 4 is 5.82 Å². The van der Waals surface area contributed by atoms with Crippen LogP contribution in [0.2, 0.25) is 0 Å². The average Bonchev–Trinajstić information content (AvgIpc) is 3.19. The lowest BCUT2D eigenvalue weighted by Gasteiger charge is -2.33. The summed E-state index contributed by atoms with van der Waals surface area (Å²) in [5.41, 5.74) is 4.25. The molecule has 1 aromatic carbocycles. The number of hydrogen-bond donors (Lipinski definition) is 1. The zero-order chi connectivity index (χ0) is 19.5. The number of piperidine rings is 1. The highest BCUT2D eigenvalue weighted by Crippen LogP contribution is 2.39. The Morgan fingerprint density at radius 1 is 1.07 bits per heavy atom. The summed E-state index contributed by atoms with van der Waals surface area (Å²) in [4.78, 5) is 18.9. The van der Waals surface area contributed by atoms with Gasteiger partial charge >= 0.3 is 0 Å². The SMILES string of the molecule is COc1ccc(OC)c(-c2cncnc2N2CCC(c3nc[nH]c3C)CC2)c1. The third-order valence-electron chi connectivity index (χ3n) is 5.44. The predicted octanol–water partition coefficient (Wildman–Crippen LogP) is 3.58. The second kappa shape index (κ2) is 7.88. The molecule has 0 radical (unpaired) electrons. The summed E-state index contributed by atoms with van der Waals surface area (Å²) in [5, 5.41) is 0. The predicted molar refractivity (Wildman–Crippen MR) is 108 cm³/mol. The molecule has 146 valence electrons. The molecule has 1 aliphatic heterocycles. The second-order valence-electron chi connectivity index (χ2n) is 7.00. The van der Waals surface area contributed by atoms with Crippen molar-refractivity contribution in [1.29, 1.82) is 0 Å². The molecule has 1 aliphatic rings. The first-order valence-electron chi connectivity index (χ1n) is 9.48. The first kappa shape index (κ1) is 18.3. The van der Waals surface area contributed by atoms with Crippen LogP contribution in [-0.4, -0.2) is 47.2 Å². The highest BCUT2D eigenvalue weighted by atomic mass is 16.5. The highest BCUT2D eigenvalue weighted by Gasteiger charge is 2.26. The van der Waals surface area contributed by atoms with Gasteiger partial charge in [0.15, 0.2) is 0 Å². The van der Waals surface area contributed by atoms with Gasteiger partial charge in [-0.1, -0.05) is 0 Å². The van der Waals surface area contributed by atoms with Crippen LogP contribution >= 0.6 is 0 Å². The van der Waals surface area contributed by atoms with Crippen molar-refractivity contribution in [3.63, 3.8) is 0 Å². The molecular formula is C21H25N5O2. The molecule has 3 heterocycles. The largest absolute Gasteiger partial charge is 0.497 e. The Bertz CT molecular complexity index is 947. The molecule has 7 nitrogen and oxygen atoms in total. The fourth-order valence-electron chi connectivity index (χ4n) is 3.94. The minimum atomic E-state index is 0.485. The van der Waals surface area contributed by atoms with Crippen LogP contribution in [0.15, 0.2) is 37.1 Å². The lowest BCUT2D eigenvalue weighted by atomic mass is 9.92. The fourth-order valence-corrected chi connectivity index (χ4v) is 3.94. The highest BCUT2D eigenvalue weighted by molar-refractivity contribution is 5.80. The van der Waals surface area contributed by atoms with Gasteiger partial charge in [0.2, 0.25) is 0 Å². The van der Waals surface area contributed by atoms with Crippen molar-refractivity contribution in [3.05, 3.63) is 48.4 Å². The van der Waals surface area contributed by atoms with Gasteiger partial charge in [0.25, 0.3) is 0 Å². The zero-order valence-corrected chi connectivity index (χ0v) is 16.5. The molecule has 0 amide bonds. The molecule has 0 unspecified atom stereocenters. The van der Waals surface area contributed by atoms with Gasteiger partial charge in [-0.05, 0) is 38.0 Å². The molecule has 0 saturated carbocycles. The molecule has 7 heteroatoms. The maximum Gasteiger partial charge on any atom is 0.140 e. The van der Waals surface area contributed by atoms with E-state index in [4.69, 9.17) is 9.47 Å². The number of H-pyrrole nitrogens is 1. The second-order valence-corrected chi connectivity index (χ2v) is 7.00. The maximum atomic E-state index is 5.58. The number of aromatic amines is 1. The van der Waals surface area contributed by atoms with Crippen LogP contribution in [0.25, 0.3) is 11.1 Å². The number of hydrogen-bond acceptors (Lipinski definition) is 6. The Labute approximate surface area is 164 Å². The number of benzene rings is 1. The Morgan fingerprint density at radius 3 is 2.57 bits per heavy atom. The van der Waals surface area contributed by atoms with Gasteiger partial charge in [0, 0.05) is 42.0 Å². The number of nitrogens with zero attached hydrogens (tertiary/aromatic N) is 4. The molecule has 0 atom stereocenters. The summed E-state index contributed by atoms with van der Waals surface area (Å²) < 4.78 is 11.0. The van der Waals surface area contributed by atoms with Crippen LogP contribution in [0.3, 0.4) is 0 Å². The first-order chi connectivity index (χ1) is 13.7. The molecule has 28 heavy (non-hydrogen) atoms. The van der Waals surface area contributed by atoms with Crippen LogP contribution in [0.5, 0.6) is 11.5 Å². The summed E-state index contributed by atoms with van der Waals surface area (Å²) in [6.45, 7) is 3.94.